The first kappa shape index (κ1) is 24.1. The Hall–Kier alpha value is -2.14. The van der Waals surface area contributed by atoms with Crippen molar-refractivity contribution in [1.29, 1.82) is 0 Å². The van der Waals surface area contributed by atoms with Crippen LogP contribution in [0.4, 0.5) is 0 Å². The molecule has 2 atom stereocenters. The molecule has 164 valence electrons. The molecule has 0 spiro atoms. The Morgan fingerprint density at radius 1 is 0.967 bits per heavy atom. The maximum Gasteiger partial charge on any atom is 0.315 e. The lowest BCUT2D eigenvalue weighted by atomic mass is 10.1. The van der Waals surface area contributed by atoms with Crippen molar-refractivity contribution in [1.82, 2.24) is 9.97 Å². The van der Waals surface area contributed by atoms with E-state index in [1.165, 1.54) is 32.1 Å². The standard InChI is InChI=1S/C24H33ClN2O3/c1-4-6-7-8-9-10-15-29-21-16-26-23(27-17-21)19-11-13-20(14-12-19)30-24(28)18(3)22(25)5-2/h11-14,16-18,22H,4-10,15H2,1-3H3/t18-,22-/m1/s1. The zero-order valence-corrected chi connectivity index (χ0v) is 19.0. The molecule has 1 aromatic carbocycles. The Balaban J connectivity index is 1.81. The lowest BCUT2D eigenvalue weighted by Gasteiger charge is -2.15. The minimum Gasteiger partial charge on any atom is -0.490 e. The molecule has 6 heteroatoms. The molecule has 0 radical (unpaired) electrons. The van der Waals surface area contributed by atoms with E-state index in [1.807, 2.05) is 19.1 Å². The first-order valence-corrected chi connectivity index (χ1v) is 11.4. The molecule has 2 aromatic rings. The first-order chi connectivity index (χ1) is 14.5. The molecule has 30 heavy (non-hydrogen) atoms. The molecule has 0 aliphatic rings. The summed E-state index contributed by atoms with van der Waals surface area (Å²) in [5.41, 5.74) is 0.842. The molecule has 0 aliphatic carbocycles. The van der Waals surface area contributed by atoms with Gasteiger partial charge in [-0.05, 0) is 37.1 Å². The Morgan fingerprint density at radius 2 is 1.60 bits per heavy atom. The van der Waals surface area contributed by atoms with E-state index in [0.29, 0.717) is 30.4 Å². The lowest BCUT2D eigenvalue weighted by Crippen LogP contribution is -2.25. The second kappa shape index (κ2) is 13.2. The van der Waals surface area contributed by atoms with Crippen molar-refractivity contribution >= 4 is 17.6 Å². The number of hydrogen-bond donors (Lipinski definition) is 0. The fraction of sp³-hybridized carbons (Fsp3) is 0.542. The van der Waals surface area contributed by atoms with E-state index in [0.717, 1.165) is 12.0 Å². The predicted molar refractivity (Wildman–Crippen MR) is 121 cm³/mol. The molecule has 1 aromatic heterocycles. The summed E-state index contributed by atoms with van der Waals surface area (Å²) in [5, 5.41) is -0.230. The van der Waals surface area contributed by atoms with Crippen molar-refractivity contribution in [2.75, 3.05) is 6.61 Å². The van der Waals surface area contributed by atoms with Crippen LogP contribution in [0.15, 0.2) is 36.7 Å². The van der Waals surface area contributed by atoms with Crippen molar-refractivity contribution in [2.45, 2.75) is 71.1 Å². The van der Waals surface area contributed by atoms with E-state index < -0.39 is 0 Å². The topological polar surface area (TPSA) is 61.3 Å². The minimum atomic E-state index is -0.358. The number of carbonyl (C=O) groups excluding carboxylic acids is 1. The SMILES string of the molecule is CCCCCCCCOc1cnc(-c2ccc(OC(=O)[C@H](C)[C@H](Cl)CC)cc2)nc1. The number of halogens is 1. The predicted octanol–water partition coefficient (Wildman–Crippen LogP) is 6.44. The van der Waals surface area contributed by atoms with Crippen molar-refractivity contribution in [3.05, 3.63) is 36.7 Å². The van der Waals surface area contributed by atoms with Gasteiger partial charge in [-0.1, -0.05) is 52.9 Å². The van der Waals surface area contributed by atoms with Crippen LogP contribution >= 0.6 is 11.6 Å². The molecular weight excluding hydrogens is 400 g/mol. The van der Waals surface area contributed by atoms with Crippen molar-refractivity contribution in [2.24, 2.45) is 5.92 Å². The fourth-order valence-corrected chi connectivity index (χ4v) is 3.10. The second-order valence-corrected chi connectivity index (χ2v) is 8.08. The van der Waals surface area contributed by atoms with Crippen molar-refractivity contribution < 1.29 is 14.3 Å². The Kier molecular flexibility index (Phi) is 10.6. The zero-order chi connectivity index (χ0) is 21.8. The summed E-state index contributed by atoms with van der Waals surface area (Å²) in [6, 6.07) is 7.14. The monoisotopic (exact) mass is 432 g/mol. The van der Waals surface area contributed by atoms with Gasteiger partial charge in [0.1, 0.15) is 5.75 Å². The summed E-state index contributed by atoms with van der Waals surface area (Å²) in [6.45, 7) is 6.64. The maximum absolute atomic E-state index is 12.1. The average Bonchev–Trinajstić information content (AvgIpc) is 2.78. The Bertz CT molecular complexity index is 750. The molecule has 1 heterocycles. The highest BCUT2D eigenvalue weighted by atomic mass is 35.5. The zero-order valence-electron chi connectivity index (χ0n) is 18.3. The van der Waals surface area contributed by atoms with Gasteiger partial charge in [0, 0.05) is 10.9 Å². The third-order valence-corrected chi connectivity index (χ3v) is 5.72. The molecule has 0 saturated heterocycles. The van der Waals surface area contributed by atoms with Gasteiger partial charge < -0.3 is 9.47 Å². The van der Waals surface area contributed by atoms with Gasteiger partial charge in [0.2, 0.25) is 0 Å². The van der Waals surface area contributed by atoms with Gasteiger partial charge in [0.25, 0.3) is 0 Å². The third-order valence-electron chi connectivity index (χ3n) is 5.03. The largest absolute Gasteiger partial charge is 0.490 e. The summed E-state index contributed by atoms with van der Waals surface area (Å²) in [5.74, 6) is 1.07. The number of rotatable bonds is 13. The molecule has 2 rings (SSSR count). The van der Waals surface area contributed by atoms with Gasteiger partial charge in [-0.15, -0.1) is 11.6 Å². The number of esters is 1. The first-order valence-electron chi connectivity index (χ1n) is 11.0. The Morgan fingerprint density at radius 3 is 2.23 bits per heavy atom. The maximum atomic E-state index is 12.1. The number of carbonyl (C=O) groups is 1. The van der Waals surface area contributed by atoms with Crippen LogP contribution in [0.1, 0.15) is 65.7 Å². The summed E-state index contributed by atoms with van der Waals surface area (Å²) < 4.78 is 11.1. The summed E-state index contributed by atoms with van der Waals surface area (Å²) in [6.07, 6.45) is 11.5. The second-order valence-electron chi connectivity index (χ2n) is 7.52. The van der Waals surface area contributed by atoms with Crippen LogP contribution in [0, 0.1) is 5.92 Å². The summed E-state index contributed by atoms with van der Waals surface area (Å²) in [4.78, 5) is 20.9. The molecule has 0 saturated carbocycles. The number of alkyl halides is 1. The van der Waals surface area contributed by atoms with Gasteiger partial charge in [0.05, 0.1) is 24.9 Å². The van der Waals surface area contributed by atoms with Gasteiger partial charge in [-0.3, -0.25) is 4.79 Å². The molecule has 0 fully saturated rings. The van der Waals surface area contributed by atoms with Crippen LogP contribution in [0.25, 0.3) is 11.4 Å². The van der Waals surface area contributed by atoms with E-state index in [-0.39, 0.29) is 17.3 Å². The fourth-order valence-electron chi connectivity index (χ4n) is 2.99. The summed E-state index contributed by atoms with van der Waals surface area (Å²) >= 11 is 6.13. The smallest absolute Gasteiger partial charge is 0.315 e. The molecule has 0 amide bonds. The number of unbranched alkanes of at least 4 members (excludes halogenated alkanes) is 5. The molecule has 0 N–H and O–H groups in total. The highest BCUT2D eigenvalue weighted by molar-refractivity contribution is 6.21. The van der Waals surface area contributed by atoms with E-state index in [4.69, 9.17) is 21.1 Å². The number of hydrogen-bond acceptors (Lipinski definition) is 5. The van der Waals surface area contributed by atoms with Gasteiger partial charge in [-0.2, -0.15) is 0 Å². The quantitative estimate of drug-likeness (QED) is 0.158. The molecule has 0 bridgehead atoms. The number of ether oxygens (including phenoxy) is 2. The highest BCUT2D eigenvalue weighted by Gasteiger charge is 2.22. The van der Waals surface area contributed by atoms with E-state index >= 15 is 0 Å². The lowest BCUT2D eigenvalue weighted by molar-refractivity contribution is -0.138. The van der Waals surface area contributed by atoms with Crippen LogP contribution in [0.3, 0.4) is 0 Å². The molecule has 0 aliphatic heterocycles. The van der Waals surface area contributed by atoms with Crippen LogP contribution < -0.4 is 9.47 Å². The molecule has 0 unspecified atom stereocenters. The molecular formula is C24H33ClN2O3. The van der Waals surface area contributed by atoms with Crippen LogP contribution in [0.2, 0.25) is 0 Å². The number of aromatic nitrogens is 2. The van der Waals surface area contributed by atoms with Crippen LogP contribution in [0.5, 0.6) is 11.5 Å². The number of nitrogens with zero attached hydrogens (tertiary/aromatic N) is 2. The van der Waals surface area contributed by atoms with Crippen LogP contribution in [-0.2, 0) is 4.79 Å². The number of benzene rings is 1. The highest BCUT2D eigenvalue weighted by Crippen LogP contribution is 2.22. The van der Waals surface area contributed by atoms with Crippen molar-refractivity contribution in [3.8, 4) is 22.9 Å². The van der Waals surface area contributed by atoms with Crippen LogP contribution in [-0.4, -0.2) is 27.9 Å². The van der Waals surface area contributed by atoms with Gasteiger partial charge in [0.15, 0.2) is 11.6 Å². The normalized spacial score (nSPS) is 12.9. The van der Waals surface area contributed by atoms with E-state index in [1.54, 1.807) is 31.5 Å². The van der Waals surface area contributed by atoms with E-state index in [2.05, 4.69) is 16.9 Å². The van der Waals surface area contributed by atoms with Gasteiger partial charge in [-0.25, -0.2) is 9.97 Å². The van der Waals surface area contributed by atoms with Gasteiger partial charge >= 0.3 is 5.97 Å². The van der Waals surface area contributed by atoms with Crippen molar-refractivity contribution in [3.63, 3.8) is 0 Å². The Labute approximate surface area is 185 Å². The third kappa shape index (κ3) is 7.94. The van der Waals surface area contributed by atoms with E-state index in [9.17, 15) is 4.79 Å². The molecule has 5 nitrogen and oxygen atoms in total. The average molecular weight is 433 g/mol. The minimum absolute atomic E-state index is 0.230. The summed E-state index contributed by atoms with van der Waals surface area (Å²) in [7, 11) is 0.